The monoisotopic (exact) mass is 198 g/mol. The maximum absolute atomic E-state index is 11.3. The van der Waals surface area contributed by atoms with Crippen molar-refractivity contribution < 1.29 is 9.53 Å². The van der Waals surface area contributed by atoms with E-state index in [1.165, 1.54) is 7.11 Å². The van der Waals surface area contributed by atoms with Gasteiger partial charge in [-0.15, -0.1) is 5.10 Å². The molecule has 0 aliphatic rings. The third kappa shape index (κ3) is 3.04. The lowest BCUT2D eigenvalue weighted by Crippen LogP contribution is -2.14. The summed E-state index contributed by atoms with van der Waals surface area (Å²) in [6.45, 7) is 3.95. The molecule has 0 bridgehead atoms. The van der Waals surface area contributed by atoms with Crippen molar-refractivity contribution in [3.63, 3.8) is 0 Å². The van der Waals surface area contributed by atoms with Gasteiger partial charge < -0.3 is 4.74 Å². The fourth-order valence-electron chi connectivity index (χ4n) is 0.947. The number of nitrogens with one attached hydrogen (secondary N) is 2. The van der Waals surface area contributed by atoms with Crippen molar-refractivity contribution in [2.75, 3.05) is 12.4 Å². The molecule has 0 unspecified atom stereocenters. The van der Waals surface area contributed by atoms with E-state index in [0.29, 0.717) is 18.3 Å². The molecule has 1 heterocycles. The van der Waals surface area contributed by atoms with Gasteiger partial charge in [-0.3, -0.25) is 10.1 Å². The number of hydrogen-bond acceptors (Lipinski definition) is 4. The fourth-order valence-corrected chi connectivity index (χ4v) is 0.947. The molecule has 1 aromatic rings. The maximum atomic E-state index is 11.3. The third-order valence-corrected chi connectivity index (χ3v) is 1.50. The Morgan fingerprint density at radius 3 is 2.86 bits per heavy atom. The van der Waals surface area contributed by atoms with Crippen LogP contribution in [0.2, 0.25) is 0 Å². The molecule has 14 heavy (non-hydrogen) atoms. The molecule has 78 valence electrons. The topological polar surface area (TPSA) is 79.9 Å². The zero-order chi connectivity index (χ0) is 10.6. The van der Waals surface area contributed by atoms with E-state index in [0.717, 1.165) is 0 Å². The fraction of sp³-hybridized carbons (Fsp3) is 0.625. The van der Waals surface area contributed by atoms with E-state index in [1.807, 2.05) is 13.8 Å². The van der Waals surface area contributed by atoms with Crippen LogP contribution in [-0.4, -0.2) is 28.2 Å². The lowest BCUT2D eigenvalue weighted by molar-refractivity contribution is -0.116. The molecule has 0 radical (unpaired) electrons. The number of amides is 1. The molecule has 0 atom stereocenters. The number of aromatic nitrogens is 3. The molecule has 2 N–H and O–H groups in total. The number of hydrogen-bond donors (Lipinski definition) is 2. The molecule has 0 spiro atoms. The van der Waals surface area contributed by atoms with Crippen LogP contribution < -0.4 is 10.1 Å². The summed E-state index contributed by atoms with van der Waals surface area (Å²) in [5.41, 5.74) is 0. The number of carbonyl (C=O) groups is 1. The van der Waals surface area contributed by atoms with E-state index in [4.69, 9.17) is 4.74 Å². The molecule has 1 aromatic heterocycles. The van der Waals surface area contributed by atoms with Crippen LogP contribution in [0.5, 0.6) is 6.01 Å². The van der Waals surface area contributed by atoms with Crippen LogP contribution in [-0.2, 0) is 4.79 Å². The second-order valence-electron chi connectivity index (χ2n) is 3.32. The van der Waals surface area contributed by atoms with Gasteiger partial charge in [-0.2, -0.15) is 4.98 Å². The Hall–Kier alpha value is -1.59. The summed E-state index contributed by atoms with van der Waals surface area (Å²) >= 11 is 0. The van der Waals surface area contributed by atoms with Crippen LogP contribution in [0.4, 0.5) is 5.95 Å². The third-order valence-electron chi connectivity index (χ3n) is 1.50. The summed E-state index contributed by atoms with van der Waals surface area (Å²) in [6.07, 6.45) is 0.461. The largest absolute Gasteiger partial charge is 0.466 e. The number of H-pyrrole nitrogens is 1. The Morgan fingerprint density at radius 2 is 2.36 bits per heavy atom. The van der Waals surface area contributed by atoms with Gasteiger partial charge in [0.15, 0.2) is 0 Å². The Bertz CT molecular complexity index is 308. The first-order valence-corrected chi connectivity index (χ1v) is 4.38. The molecule has 1 rings (SSSR count). The summed E-state index contributed by atoms with van der Waals surface area (Å²) in [5.74, 6) is 0.547. The first kappa shape index (κ1) is 10.5. The van der Waals surface area contributed by atoms with Crippen molar-refractivity contribution >= 4 is 11.9 Å². The minimum atomic E-state index is -0.0844. The minimum Gasteiger partial charge on any atom is -0.466 e. The Morgan fingerprint density at radius 1 is 1.64 bits per heavy atom. The van der Waals surface area contributed by atoms with Crippen LogP contribution >= 0.6 is 0 Å². The van der Waals surface area contributed by atoms with Gasteiger partial charge in [0, 0.05) is 6.42 Å². The number of methoxy groups -OCH3 is 1. The van der Waals surface area contributed by atoms with Gasteiger partial charge in [0.2, 0.25) is 11.9 Å². The molecule has 0 saturated heterocycles. The molecular formula is C8H14N4O2. The van der Waals surface area contributed by atoms with E-state index in [9.17, 15) is 4.79 Å². The van der Waals surface area contributed by atoms with Crippen molar-refractivity contribution in [3.05, 3.63) is 0 Å². The lowest BCUT2D eigenvalue weighted by Gasteiger charge is -2.02. The maximum Gasteiger partial charge on any atom is 0.336 e. The molecule has 6 nitrogen and oxygen atoms in total. The summed E-state index contributed by atoms with van der Waals surface area (Å²) in [7, 11) is 1.46. The van der Waals surface area contributed by atoms with Crippen LogP contribution in [0.3, 0.4) is 0 Å². The molecule has 1 amide bonds. The lowest BCUT2D eigenvalue weighted by atomic mass is 10.1. The van der Waals surface area contributed by atoms with E-state index in [1.54, 1.807) is 0 Å². The summed E-state index contributed by atoms with van der Waals surface area (Å²) in [6, 6.07) is 0.213. The zero-order valence-corrected chi connectivity index (χ0v) is 8.50. The molecule has 6 heteroatoms. The highest BCUT2D eigenvalue weighted by atomic mass is 16.5. The average Bonchev–Trinajstić information content (AvgIpc) is 2.50. The molecular weight excluding hydrogens is 184 g/mol. The van der Waals surface area contributed by atoms with Crippen molar-refractivity contribution in [2.45, 2.75) is 20.3 Å². The molecule has 0 aliphatic carbocycles. The van der Waals surface area contributed by atoms with Crippen molar-refractivity contribution in [2.24, 2.45) is 5.92 Å². The second-order valence-corrected chi connectivity index (χ2v) is 3.32. The zero-order valence-electron chi connectivity index (χ0n) is 8.50. The molecule has 0 fully saturated rings. The first-order chi connectivity index (χ1) is 6.61. The molecule has 0 aliphatic heterocycles. The predicted molar refractivity (Wildman–Crippen MR) is 51.0 cm³/mol. The van der Waals surface area contributed by atoms with Gasteiger partial charge in [-0.1, -0.05) is 13.8 Å². The van der Waals surface area contributed by atoms with Crippen LogP contribution in [0.15, 0.2) is 0 Å². The number of ether oxygens (including phenoxy) is 1. The Kier molecular flexibility index (Phi) is 3.44. The van der Waals surface area contributed by atoms with Crippen LogP contribution in [0, 0.1) is 5.92 Å². The highest BCUT2D eigenvalue weighted by Crippen LogP contribution is 2.06. The van der Waals surface area contributed by atoms with Gasteiger partial charge in [-0.05, 0) is 5.92 Å². The van der Waals surface area contributed by atoms with Gasteiger partial charge in [0.25, 0.3) is 0 Å². The average molecular weight is 198 g/mol. The van der Waals surface area contributed by atoms with E-state index in [2.05, 4.69) is 20.5 Å². The number of aromatic amines is 1. The Balaban J connectivity index is 2.47. The van der Waals surface area contributed by atoms with Gasteiger partial charge in [0.05, 0.1) is 7.11 Å². The van der Waals surface area contributed by atoms with Crippen molar-refractivity contribution in [1.82, 2.24) is 15.2 Å². The quantitative estimate of drug-likeness (QED) is 0.749. The summed E-state index contributed by atoms with van der Waals surface area (Å²) in [5, 5.41) is 8.82. The number of nitrogens with zero attached hydrogens (tertiary/aromatic N) is 2. The van der Waals surface area contributed by atoms with E-state index in [-0.39, 0.29) is 11.9 Å². The highest BCUT2D eigenvalue weighted by Gasteiger charge is 2.08. The molecule has 0 saturated carbocycles. The van der Waals surface area contributed by atoms with Crippen molar-refractivity contribution in [3.8, 4) is 6.01 Å². The van der Waals surface area contributed by atoms with Gasteiger partial charge in [-0.25, -0.2) is 5.10 Å². The normalized spacial score (nSPS) is 10.3. The predicted octanol–water partition coefficient (Wildman–Crippen LogP) is 0.798. The first-order valence-electron chi connectivity index (χ1n) is 4.38. The second kappa shape index (κ2) is 4.59. The smallest absolute Gasteiger partial charge is 0.336 e. The van der Waals surface area contributed by atoms with Crippen LogP contribution in [0.1, 0.15) is 20.3 Å². The number of anilines is 1. The highest BCUT2D eigenvalue weighted by molar-refractivity contribution is 5.88. The number of carbonyl (C=O) groups excluding carboxylic acids is 1. The minimum absolute atomic E-state index is 0.0844. The summed E-state index contributed by atoms with van der Waals surface area (Å²) in [4.78, 5) is 15.1. The van der Waals surface area contributed by atoms with Crippen molar-refractivity contribution in [1.29, 1.82) is 0 Å². The SMILES string of the molecule is COc1n[nH]c(NC(=O)CC(C)C)n1. The standard InChI is InChI=1S/C8H14N4O2/c1-5(2)4-6(13)9-7-10-8(14-3)12-11-7/h5H,4H2,1-3H3,(H2,9,10,11,12,13). The van der Waals surface area contributed by atoms with Crippen LogP contribution in [0.25, 0.3) is 0 Å². The van der Waals surface area contributed by atoms with E-state index >= 15 is 0 Å². The van der Waals surface area contributed by atoms with Gasteiger partial charge in [0.1, 0.15) is 0 Å². The molecule has 0 aromatic carbocycles. The van der Waals surface area contributed by atoms with E-state index < -0.39 is 0 Å². The number of rotatable bonds is 4. The Labute approximate surface area is 82.1 Å². The van der Waals surface area contributed by atoms with Gasteiger partial charge >= 0.3 is 6.01 Å². The summed E-state index contributed by atoms with van der Waals surface area (Å²) < 4.78 is 4.75.